The minimum atomic E-state index is -3.88. The summed E-state index contributed by atoms with van der Waals surface area (Å²) in [7, 11) is 0. The Bertz CT molecular complexity index is 144. The molecule has 0 aliphatic heterocycles. The summed E-state index contributed by atoms with van der Waals surface area (Å²) in [6.07, 6.45) is -0.929. The molecule has 0 amide bonds. The SMILES string of the molecule is FC(F)C(F)(F)CNC1CCC1. The lowest BCUT2D eigenvalue weighted by molar-refractivity contribution is -0.127. The van der Waals surface area contributed by atoms with Gasteiger partial charge in [0.15, 0.2) is 0 Å². The highest BCUT2D eigenvalue weighted by Crippen LogP contribution is 2.24. The van der Waals surface area contributed by atoms with Crippen LogP contribution < -0.4 is 5.32 Å². The first-order valence-corrected chi connectivity index (χ1v) is 3.92. The lowest BCUT2D eigenvalue weighted by Crippen LogP contribution is -2.45. The summed E-state index contributed by atoms with van der Waals surface area (Å²) in [6, 6.07) is 0.0228. The van der Waals surface area contributed by atoms with E-state index in [0.717, 1.165) is 19.3 Å². The highest BCUT2D eigenvalue weighted by molar-refractivity contribution is 4.80. The van der Waals surface area contributed by atoms with E-state index in [-0.39, 0.29) is 6.04 Å². The van der Waals surface area contributed by atoms with Crippen molar-refractivity contribution in [3.8, 4) is 0 Å². The highest BCUT2D eigenvalue weighted by Gasteiger charge is 2.40. The lowest BCUT2D eigenvalue weighted by atomic mass is 9.93. The van der Waals surface area contributed by atoms with Gasteiger partial charge in [-0.25, -0.2) is 8.78 Å². The molecule has 0 saturated heterocycles. The molecule has 72 valence electrons. The van der Waals surface area contributed by atoms with E-state index in [1.54, 1.807) is 0 Å². The molecule has 0 bridgehead atoms. The number of hydrogen-bond donors (Lipinski definition) is 1. The fourth-order valence-electron chi connectivity index (χ4n) is 0.970. The van der Waals surface area contributed by atoms with Crippen LogP contribution in [0.1, 0.15) is 19.3 Å². The van der Waals surface area contributed by atoms with E-state index in [1.165, 1.54) is 0 Å². The third-order valence-corrected chi connectivity index (χ3v) is 2.05. The molecule has 0 radical (unpaired) electrons. The van der Waals surface area contributed by atoms with Gasteiger partial charge in [0.05, 0.1) is 6.54 Å². The fraction of sp³-hybridized carbons (Fsp3) is 1.00. The van der Waals surface area contributed by atoms with Crippen LogP contribution in [0.15, 0.2) is 0 Å². The molecule has 1 fully saturated rings. The van der Waals surface area contributed by atoms with Crippen molar-refractivity contribution in [2.75, 3.05) is 6.54 Å². The first-order chi connectivity index (χ1) is 5.52. The second-order valence-electron chi connectivity index (χ2n) is 3.07. The maximum Gasteiger partial charge on any atom is 0.319 e. The van der Waals surface area contributed by atoms with Crippen molar-refractivity contribution in [3.63, 3.8) is 0 Å². The molecule has 0 spiro atoms. The molecule has 1 N–H and O–H groups in total. The predicted molar refractivity (Wildman–Crippen MR) is 36.6 cm³/mol. The number of halogens is 4. The van der Waals surface area contributed by atoms with Gasteiger partial charge in [0.2, 0.25) is 0 Å². The van der Waals surface area contributed by atoms with Gasteiger partial charge in [-0.3, -0.25) is 0 Å². The maximum absolute atomic E-state index is 12.3. The highest BCUT2D eigenvalue weighted by atomic mass is 19.3. The van der Waals surface area contributed by atoms with E-state index < -0.39 is 18.9 Å². The summed E-state index contributed by atoms with van der Waals surface area (Å²) in [5.41, 5.74) is 0. The molecule has 1 saturated carbocycles. The van der Waals surface area contributed by atoms with Crippen molar-refractivity contribution >= 4 is 0 Å². The Labute approximate surface area is 68.1 Å². The molecule has 1 aliphatic rings. The molecule has 1 rings (SSSR count). The monoisotopic (exact) mass is 185 g/mol. The maximum atomic E-state index is 12.3. The predicted octanol–water partition coefficient (Wildman–Crippen LogP) is 2.03. The molecule has 0 aromatic rings. The Hall–Kier alpha value is -0.320. The molecule has 1 aliphatic carbocycles. The molecular weight excluding hydrogens is 174 g/mol. The van der Waals surface area contributed by atoms with E-state index in [4.69, 9.17) is 0 Å². The minimum absolute atomic E-state index is 0.0228. The quantitative estimate of drug-likeness (QED) is 0.661. The van der Waals surface area contributed by atoms with E-state index >= 15 is 0 Å². The third-order valence-electron chi connectivity index (χ3n) is 2.05. The number of hydrogen-bond acceptors (Lipinski definition) is 1. The molecule has 1 nitrogen and oxygen atoms in total. The van der Waals surface area contributed by atoms with Crippen molar-refractivity contribution in [1.29, 1.82) is 0 Å². The van der Waals surface area contributed by atoms with Gasteiger partial charge in [0.1, 0.15) is 0 Å². The second kappa shape index (κ2) is 3.60. The topological polar surface area (TPSA) is 12.0 Å². The van der Waals surface area contributed by atoms with Crippen LogP contribution in [0.25, 0.3) is 0 Å². The summed E-state index contributed by atoms with van der Waals surface area (Å²) >= 11 is 0. The first-order valence-electron chi connectivity index (χ1n) is 3.92. The van der Waals surface area contributed by atoms with Gasteiger partial charge in [-0.05, 0) is 12.8 Å². The Kier molecular flexibility index (Phi) is 2.93. The van der Waals surface area contributed by atoms with Gasteiger partial charge in [-0.2, -0.15) is 8.78 Å². The van der Waals surface area contributed by atoms with Crippen molar-refractivity contribution < 1.29 is 17.6 Å². The van der Waals surface area contributed by atoms with Crippen LogP contribution >= 0.6 is 0 Å². The molecule has 12 heavy (non-hydrogen) atoms. The van der Waals surface area contributed by atoms with Gasteiger partial charge in [-0.15, -0.1) is 0 Å². The van der Waals surface area contributed by atoms with Crippen molar-refractivity contribution in [1.82, 2.24) is 5.32 Å². The van der Waals surface area contributed by atoms with Crippen molar-refractivity contribution in [2.24, 2.45) is 0 Å². The molecular formula is C7H11F4N. The van der Waals surface area contributed by atoms with Crippen LogP contribution in [0.2, 0.25) is 0 Å². The van der Waals surface area contributed by atoms with Gasteiger partial charge >= 0.3 is 12.3 Å². The molecule has 5 heteroatoms. The molecule has 0 atom stereocenters. The van der Waals surface area contributed by atoms with Gasteiger partial charge < -0.3 is 5.32 Å². The van der Waals surface area contributed by atoms with Crippen LogP contribution in [0, 0.1) is 0 Å². The van der Waals surface area contributed by atoms with E-state index in [9.17, 15) is 17.6 Å². The Morgan fingerprint density at radius 3 is 2.25 bits per heavy atom. The second-order valence-corrected chi connectivity index (χ2v) is 3.07. The lowest BCUT2D eigenvalue weighted by Gasteiger charge is -2.28. The molecule has 0 aromatic carbocycles. The van der Waals surface area contributed by atoms with E-state index in [2.05, 4.69) is 5.32 Å². The van der Waals surface area contributed by atoms with Crippen LogP contribution in [0.4, 0.5) is 17.6 Å². The largest absolute Gasteiger partial charge is 0.319 e. The van der Waals surface area contributed by atoms with Crippen LogP contribution in [0.3, 0.4) is 0 Å². The molecule has 0 unspecified atom stereocenters. The van der Waals surface area contributed by atoms with Crippen LogP contribution in [-0.4, -0.2) is 24.9 Å². The van der Waals surface area contributed by atoms with Crippen molar-refractivity contribution in [2.45, 2.75) is 37.7 Å². The number of rotatable bonds is 4. The summed E-state index contributed by atoms with van der Waals surface area (Å²) in [6.45, 7) is -0.907. The van der Waals surface area contributed by atoms with Crippen molar-refractivity contribution in [3.05, 3.63) is 0 Å². The number of alkyl halides is 4. The standard InChI is InChI=1S/C7H11F4N/c8-6(9)7(10,11)4-12-5-2-1-3-5/h5-6,12H,1-4H2. The Balaban J connectivity index is 2.19. The van der Waals surface area contributed by atoms with Crippen LogP contribution in [-0.2, 0) is 0 Å². The summed E-state index contributed by atoms with van der Waals surface area (Å²) in [5.74, 6) is -3.88. The van der Waals surface area contributed by atoms with E-state index in [0.29, 0.717) is 0 Å². The smallest absolute Gasteiger partial charge is 0.308 e. The van der Waals surface area contributed by atoms with Gasteiger partial charge in [-0.1, -0.05) is 6.42 Å². The first kappa shape index (κ1) is 9.77. The third kappa shape index (κ3) is 2.33. The zero-order valence-electron chi connectivity index (χ0n) is 6.49. The summed E-state index contributed by atoms with van der Waals surface area (Å²) < 4.78 is 47.7. The average molecular weight is 185 g/mol. The van der Waals surface area contributed by atoms with Gasteiger partial charge in [0.25, 0.3) is 0 Å². The van der Waals surface area contributed by atoms with Crippen LogP contribution in [0.5, 0.6) is 0 Å². The summed E-state index contributed by atoms with van der Waals surface area (Å²) in [5, 5.41) is 2.41. The Morgan fingerprint density at radius 1 is 1.33 bits per heavy atom. The molecule has 0 aromatic heterocycles. The zero-order valence-corrected chi connectivity index (χ0v) is 6.49. The average Bonchev–Trinajstić information content (AvgIpc) is 1.83. The fourth-order valence-corrected chi connectivity index (χ4v) is 0.970. The molecule has 0 heterocycles. The minimum Gasteiger partial charge on any atom is -0.308 e. The summed E-state index contributed by atoms with van der Waals surface area (Å²) in [4.78, 5) is 0. The Morgan fingerprint density at radius 2 is 1.92 bits per heavy atom. The van der Waals surface area contributed by atoms with Gasteiger partial charge in [0, 0.05) is 6.04 Å². The zero-order chi connectivity index (χ0) is 9.19. The number of nitrogens with one attached hydrogen (secondary N) is 1. The van der Waals surface area contributed by atoms with E-state index in [1.807, 2.05) is 0 Å². The normalized spacial score (nSPS) is 19.8.